The molecule has 0 atom stereocenters. The van der Waals surface area contributed by atoms with Gasteiger partial charge in [0.25, 0.3) is 0 Å². The maximum absolute atomic E-state index is 2.42. The molecule has 0 bridgehead atoms. The molecule has 0 spiro atoms. The predicted octanol–water partition coefficient (Wildman–Crippen LogP) is 17.2. The van der Waals surface area contributed by atoms with Gasteiger partial charge in [0.2, 0.25) is 0 Å². The molecule has 9 aromatic carbocycles. The first-order valence-corrected chi connectivity index (χ1v) is 22.3. The highest BCUT2D eigenvalue weighted by Crippen LogP contribution is 2.51. The molecule has 0 saturated heterocycles. The zero-order valence-electron chi connectivity index (χ0n) is 33.3. The van der Waals surface area contributed by atoms with Crippen molar-refractivity contribution >= 4 is 80.1 Å². The molecular formula is C57H39NS2. The Labute approximate surface area is 358 Å². The van der Waals surface area contributed by atoms with Crippen LogP contribution in [0.5, 0.6) is 0 Å². The average Bonchev–Trinajstić information content (AvgIpc) is 3.95. The second kappa shape index (κ2) is 13.6. The fraction of sp³-hybridized carbons (Fsp3) is 0.0526. The van der Waals surface area contributed by atoms with Crippen molar-refractivity contribution in [1.29, 1.82) is 0 Å². The van der Waals surface area contributed by atoms with Crippen molar-refractivity contribution in [2.24, 2.45) is 0 Å². The van der Waals surface area contributed by atoms with Crippen LogP contribution >= 0.6 is 22.7 Å². The zero-order valence-corrected chi connectivity index (χ0v) is 34.9. The van der Waals surface area contributed by atoms with Crippen molar-refractivity contribution in [3.05, 3.63) is 211 Å². The van der Waals surface area contributed by atoms with E-state index in [4.69, 9.17) is 0 Å². The summed E-state index contributed by atoms with van der Waals surface area (Å²) in [5.41, 5.74) is 16.2. The van der Waals surface area contributed by atoms with Gasteiger partial charge in [-0.15, -0.1) is 22.7 Å². The number of rotatable bonds is 6. The van der Waals surface area contributed by atoms with Crippen molar-refractivity contribution < 1.29 is 0 Å². The summed E-state index contributed by atoms with van der Waals surface area (Å²) in [5.74, 6) is 0. The Balaban J connectivity index is 1.02. The molecule has 0 N–H and O–H groups in total. The summed E-state index contributed by atoms with van der Waals surface area (Å²) in [6.45, 7) is 4.71. The third kappa shape index (κ3) is 5.50. The molecular weight excluding hydrogens is 763 g/mol. The first-order valence-electron chi connectivity index (χ1n) is 20.7. The van der Waals surface area contributed by atoms with Crippen molar-refractivity contribution in [3.8, 4) is 44.5 Å². The minimum absolute atomic E-state index is 0.0861. The Bertz CT molecular complexity index is 3330. The molecule has 1 aliphatic carbocycles. The van der Waals surface area contributed by atoms with E-state index in [0.717, 1.165) is 17.1 Å². The fourth-order valence-electron chi connectivity index (χ4n) is 9.71. The van der Waals surface area contributed by atoms with Gasteiger partial charge >= 0.3 is 0 Å². The summed E-state index contributed by atoms with van der Waals surface area (Å²) in [4.78, 5) is 2.40. The van der Waals surface area contributed by atoms with Crippen LogP contribution in [0.25, 0.3) is 84.9 Å². The molecule has 0 radical (unpaired) electrons. The molecule has 0 saturated carbocycles. The van der Waals surface area contributed by atoms with Crippen molar-refractivity contribution in [2.45, 2.75) is 19.3 Å². The highest BCUT2D eigenvalue weighted by molar-refractivity contribution is 7.26. The lowest BCUT2D eigenvalue weighted by molar-refractivity contribution is 0.660. The normalized spacial score (nSPS) is 13.0. The highest BCUT2D eigenvalue weighted by atomic mass is 32.1. The molecule has 1 nitrogen and oxygen atoms in total. The fourth-order valence-corrected chi connectivity index (χ4v) is 12.2. The van der Waals surface area contributed by atoms with Crippen molar-refractivity contribution in [3.63, 3.8) is 0 Å². The summed E-state index contributed by atoms with van der Waals surface area (Å²) >= 11 is 3.79. The van der Waals surface area contributed by atoms with Crippen molar-refractivity contribution in [2.75, 3.05) is 4.90 Å². The van der Waals surface area contributed by atoms with Gasteiger partial charge in [-0.1, -0.05) is 147 Å². The minimum Gasteiger partial charge on any atom is -0.310 e. The molecule has 2 aromatic heterocycles. The summed E-state index contributed by atoms with van der Waals surface area (Å²) in [7, 11) is 0. The van der Waals surface area contributed by atoms with E-state index < -0.39 is 0 Å². The van der Waals surface area contributed by atoms with E-state index in [9.17, 15) is 0 Å². The molecule has 12 rings (SSSR count). The summed E-state index contributed by atoms with van der Waals surface area (Å²) < 4.78 is 5.30. The molecule has 3 heteroatoms. The molecule has 284 valence electrons. The molecule has 1 aliphatic rings. The van der Waals surface area contributed by atoms with E-state index in [1.54, 1.807) is 0 Å². The number of anilines is 3. The maximum Gasteiger partial charge on any atom is 0.0465 e. The lowest BCUT2D eigenvalue weighted by Gasteiger charge is -2.28. The van der Waals surface area contributed by atoms with Crippen LogP contribution in [0.3, 0.4) is 0 Å². The van der Waals surface area contributed by atoms with Gasteiger partial charge < -0.3 is 4.90 Å². The van der Waals surface area contributed by atoms with Gasteiger partial charge in [-0.3, -0.25) is 0 Å². The largest absolute Gasteiger partial charge is 0.310 e. The standard InChI is InChI=1S/C57H39NS2/c1-57(2)51-23-9-6-16-45(51)46-31-30-42(35-52(46)57)58(40-14-4-3-5-15-40)41-28-26-36(27-29-41)37-32-38(43-19-12-21-49-47-17-7-10-24-53(47)59-55(43)49)34-39(33-37)44-20-13-22-50-48-18-8-11-25-54(48)60-56(44)50/h3-35H,1-2H3. The van der Waals surface area contributed by atoms with Gasteiger partial charge in [0.15, 0.2) is 0 Å². The predicted molar refractivity (Wildman–Crippen MR) is 261 cm³/mol. The smallest absolute Gasteiger partial charge is 0.0465 e. The molecule has 0 amide bonds. The van der Waals surface area contributed by atoms with Crippen LogP contribution in [0.2, 0.25) is 0 Å². The lowest BCUT2D eigenvalue weighted by Crippen LogP contribution is -2.16. The van der Waals surface area contributed by atoms with Gasteiger partial charge in [-0.25, -0.2) is 0 Å². The third-order valence-electron chi connectivity index (χ3n) is 12.7. The van der Waals surface area contributed by atoms with E-state index in [-0.39, 0.29) is 5.41 Å². The van der Waals surface area contributed by atoms with Crippen LogP contribution in [0.4, 0.5) is 17.1 Å². The van der Waals surface area contributed by atoms with E-state index in [2.05, 4.69) is 219 Å². The molecule has 0 unspecified atom stereocenters. The Morgan fingerprint density at radius 3 is 1.47 bits per heavy atom. The highest BCUT2D eigenvalue weighted by Gasteiger charge is 2.35. The van der Waals surface area contributed by atoms with Crippen LogP contribution < -0.4 is 4.90 Å². The maximum atomic E-state index is 2.42. The number of nitrogens with zero attached hydrogens (tertiary/aromatic N) is 1. The van der Waals surface area contributed by atoms with Gasteiger partial charge in [-0.05, 0) is 122 Å². The minimum atomic E-state index is -0.0861. The number of thiophene rings is 2. The monoisotopic (exact) mass is 801 g/mol. The van der Waals surface area contributed by atoms with Gasteiger partial charge in [-0.2, -0.15) is 0 Å². The Hall–Kier alpha value is -6.78. The third-order valence-corrected chi connectivity index (χ3v) is 15.1. The van der Waals surface area contributed by atoms with E-state index in [1.807, 2.05) is 22.7 Å². The van der Waals surface area contributed by atoms with Crippen LogP contribution in [-0.4, -0.2) is 0 Å². The second-order valence-corrected chi connectivity index (χ2v) is 18.6. The van der Waals surface area contributed by atoms with Gasteiger partial charge in [0, 0.05) is 62.8 Å². The van der Waals surface area contributed by atoms with Crippen LogP contribution in [0.15, 0.2) is 200 Å². The summed E-state index contributed by atoms with van der Waals surface area (Å²) in [6, 6.07) is 74.3. The lowest BCUT2D eigenvalue weighted by atomic mass is 9.82. The molecule has 60 heavy (non-hydrogen) atoms. The van der Waals surface area contributed by atoms with Gasteiger partial charge in [0.05, 0.1) is 0 Å². The summed E-state index contributed by atoms with van der Waals surface area (Å²) in [5, 5.41) is 5.27. The topological polar surface area (TPSA) is 3.24 Å². The number of para-hydroxylation sites is 1. The Morgan fingerprint density at radius 2 is 0.817 bits per heavy atom. The van der Waals surface area contributed by atoms with Gasteiger partial charge in [0.1, 0.15) is 0 Å². The van der Waals surface area contributed by atoms with Crippen LogP contribution in [0.1, 0.15) is 25.0 Å². The van der Waals surface area contributed by atoms with E-state index in [0.29, 0.717) is 0 Å². The number of hydrogen-bond donors (Lipinski definition) is 0. The first-order chi connectivity index (χ1) is 29.5. The number of hydrogen-bond acceptors (Lipinski definition) is 3. The van der Waals surface area contributed by atoms with E-state index in [1.165, 1.54) is 96.0 Å². The molecule has 2 heterocycles. The first kappa shape index (κ1) is 35.2. The number of benzene rings is 9. The van der Waals surface area contributed by atoms with Crippen molar-refractivity contribution in [1.82, 2.24) is 0 Å². The molecule has 0 fully saturated rings. The second-order valence-electron chi connectivity index (χ2n) is 16.5. The number of fused-ring (bicyclic) bond motifs is 9. The molecule has 11 aromatic rings. The SMILES string of the molecule is CC1(C)c2ccccc2-c2ccc(N(c3ccccc3)c3ccc(-c4cc(-c5cccc6c5sc5ccccc56)cc(-c5cccc6c5sc5ccccc56)c4)cc3)cc21. The molecule has 0 aliphatic heterocycles. The quantitative estimate of drug-likeness (QED) is 0.162. The Kier molecular flexibility index (Phi) is 8.00. The van der Waals surface area contributed by atoms with E-state index >= 15 is 0 Å². The Morgan fingerprint density at radius 1 is 0.333 bits per heavy atom. The van der Waals surface area contributed by atoms with Crippen LogP contribution in [0, 0.1) is 0 Å². The average molecular weight is 802 g/mol. The zero-order chi connectivity index (χ0) is 40.0. The van der Waals surface area contributed by atoms with Crippen LogP contribution in [-0.2, 0) is 5.41 Å². The summed E-state index contributed by atoms with van der Waals surface area (Å²) in [6.07, 6.45) is 0.